The number of carbonyl (C=O) groups is 1. The first-order valence-electron chi connectivity index (χ1n) is 19.4. The summed E-state index contributed by atoms with van der Waals surface area (Å²) in [6.07, 6.45) is 1.90. The fourth-order valence-corrected chi connectivity index (χ4v) is 9.49. The van der Waals surface area contributed by atoms with Gasteiger partial charge in [-0.1, -0.05) is 47.7 Å². The fourth-order valence-electron chi connectivity index (χ4n) is 8.50. The number of rotatable bonds is 11. The number of ether oxygens (including phenoxy) is 1. The second-order valence-corrected chi connectivity index (χ2v) is 15.1. The molecule has 11 heteroatoms. The number of hydrogen-bond acceptors (Lipinski definition) is 9. The van der Waals surface area contributed by atoms with Gasteiger partial charge in [-0.15, -0.1) is 16.4 Å². The van der Waals surface area contributed by atoms with Crippen molar-refractivity contribution in [3.05, 3.63) is 132 Å². The Morgan fingerprint density at radius 1 is 0.732 bits per heavy atom. The average molecular weight is 762 g/mol. The minimum Gasteiger partial charge on any atom is -0.507 e. The van der Waals surface area contributed by atoms with Crippen LogP contribution in [-0.4, -0.2) is 68.6 Å². The van der Waals surface area contributed by atoms with Gasteiger partial charge in [0.05, 0.1) is 28.5 Å². The lowest BCUT2D eigenvalue weighted by Crippen LogP contribution is -2.48. The molecule has 0 atom stereocenters. The van der Waals surface area contributed by atoms with Crippen LogP contribution in [0.3, 0.4) is 0 Å². The van der Waals surface area contributed by atoms with Gasteiger partial charge < -0.3 is 24.5 Å². The van der Waals surface area contributed by atoms with Gasteiger partial charge in [-0.25, -0.2) is 4.98 Å². The Hall–Kier alpha value is -6.20. The number of anilines is 2. The van der Waals surface area contributed by atoms with Crippen LogP contribution >= 0.6 is 11.3 Å². The molecule has 2 aromatic heterocycles. The van der Waals surface area contributed by atoms with Gasteiger partial charge in [0.2, 0.25) is 0 Å². The van der Waals surface area contributed by atoms with Gasteiger partial charge in [0.1, 0.15) is 33.5 Å². The summed E-state index contributed by atoms with van der Waals surface area (Å²) in [4.78, 5) is 26.1. The number of benzene rings is 5. The molecule has 0 radical (unpaired) electrons. The summed E-state index contributed by atoms with van der Waals surface area (Å²) in [5.74, 6) is 1.60. The van der Waals surface area contributed by atoms with Gasteiger partial charge in [-0.3, -0.25) is 9.48 Å². The molecule has 1 amide bonds. The summed E-state index contributed by atoms with van der Waals surface area (Å²) in [6.45, 7) is 12.8. The third-order valence-corrected chi connectivity index (χ3v) is 12.4. The number of thiazole rings is 1. The lowest BCUT2D eigenvalue weighted by Gasteiger charge is -2.44. The van der Waals surface area contributed by atoms with Gasteiger partial charge in [0.25, 0.3) is 5.91 Å². The Bertz CT molecular complexity index is 2510. The molecule has 0 fully saturated rings. The number of carbonyl (C=O) groups excluding carboxylic acids is 1. The number of fused-ring (bicyclic) bond motifs is 7. The molecule has 2 aliphatic rings. The highest BCUT2D eigenvalue weighted by molar-refractivity contribution is 7.21. The van der Waals surface area contributed by atoms with Crippen molar-refractivity contribution in [3.63, 3.8) is 0 Å². The molecule has 2 aliphatic heterocycles. The molecule has 56 heavy (non-hydrogen) atoms. The van der Waals surface area contributed by atoms with Crippen LogP contribution in [0.5, 0.6) is 17.2 Å². The third kappa shape index (κ3) is 5.59. The van der Waals surface area contributed by atoms with E-state index in [1.165, 1.54) is 11.3 Å². The summed E-state index contributed by atoms with van der Waals surface area (Å²) in [5, 5.41) is 20.6. The van der Waals surface area contributed by atoms with Crippen molar-refractivity contribution in [1.82, 2.24) is 24.9 Å². The van der Waals surface area contributed by atoms with Gasteiger partial charge >= 0.3 is 0 Å². The van der Waals surface area contributed by atoms with Crippen LogP contribution in [0.2, 0.25) is 0 Å². The van der Waals surface area contributed by atoms with E-state index in [0.29, 0.717) is 29.9 Å². The van der Waals surface area contributed by atoms with Crippen LogP contribution in [0, 0.1) is 0 Å². The van der Waals surface area contributed by atoms with E-state index in [1.54, 1.807) is 10.7 Å². The predicted octanol–water partition coefficient (Wildman–Crippen LogP) is 9.17. The normalized spacial score (nSPS) is 13.8. The van der Waals surface area contributed by atoms with E-state index in [-0.39, 0.29) is 11.7 Å². The molecule has 0 aliphatic carbocycles. The number of hydrogen-bond donors (Lipinski definition) is 1. The molecule has 0 saturated carbocycles. The molecule has 0 unspecified atom stereocenters. The van der Waals surface area contributed by atoms with Crippen molar-refractivity contribution in [2.24, 2.45) is 0 Å². The first-order chi connectivity index (χ1) is 27.4. The molecule has 7 aromatic rings. The number of aromatic hydroxyl groups is 1. The Labute approximate surface area is 330 Å². The smallest absolute Gasteiger partial charge is 0.255 e. The Balaban J connectivity index is 1.11. The van der Waals surface area contributed by atoms with Gasteiger partial charge in [-0.2, -0.15) is 0 Å². The second kappa shape index (κ2) is 14.1. The third-order valence-electron chi connectivity index (χ3n) is 11.3. The topological polar surface area (TPSA) is 99.9 Å². The molecular formula is C45H43N7O3S. The van der Waals surface area contributed by atoms with Crippen LogP contribution < -0.4 is 14.5 Å². The number of amides is 1. The maximum Gasteiger partial charge on any atom is 0.255 e. The molecule has 10 nitrogen and oxygen atoms in total. The zero-order chi connectivity index (χ0) is 38.6. The largest absolute Gasteiger partial charge is 0.507 e. The highest BCUT2D eigenvalue weighted by Gasteiger charge is 2.56. The molecule has 9 rings (SSSR count). The van der Waals surface area contributed by atoms with Crippen molar-refractivity contribution >= 4 is 38.8 Å². The van der Waals surface area contributed by atoms with Gasteiger partial charge in [0, 0.05) is 78.5 Å². The summed E-state index contributed by atoms with van der Waals surface area (Å²) in [7, 11) is 0. The summed E-state index contributed by atoms with van der Waals surface area (Å²) in [6, 6.07) is 34.2. The van der Waals surface area contributed by atoms with Crippen molar-refractivity contribution in [2.75, 3.05) is 42.5 Å². The maximum absolute atomic E-state index is 14.7. The number of nitrogens with zero attached hydrogens (tertiary/aromatic N) is 7. The second-order valence-electron chi connectivity index (χ2n) is 14.1. The lowest BCUT2D eigenvalue weighted by molar-refractivity contribution is 0.0653. The van der Waals surface area contributed by atoms with E-state index in [0.717, 1.165) is 86.5 Å². The van der Waals surface area contributed by atoms with Crippen LogP contribution in [0.4, 0.5) is 11.4 Å². The predicted molar refractivity (Wildman–Crippen MR) is 223 cm³/mol. The standard InChI is InChI=1S/C45H43N7O3S/c1-5-49(6-2)30-18-20-35-40(26-30)55-41-27-31(50(7-3)8-4)19-21-36(41)45(35)34-14-10-9-13-32(34)44(54)52(45)24-23-51-28-38(47-48-51)29-17-22-39(53)33(25-29)43-46-37-15-11-12-16-42(37)56-43/h9-22,25-28,53H,5-8,23-24H2,1-4H3. The molecular weight excluding hydrogens is 719 g/mol. The summed E-state index contributed by atoms with van der Waals surface area (Å²) >= 11 is 1.54. The zero-order valence-corrected chi connectivity index (χ0v) is 32.8. The lowest BCUT2D eigenvalue weighted by atomic mass is 9.74. The van der Waals surface area contributed by atoms with Crippen molar-refractivity contribution in [1.29, 1.82) is 0 Å². The quantitative estimate of drug-likeness (QED) is 0.139. The van der Waals surface area contributed by atoms with E-state index >= 15 is 0 Å². The molecule has 0 bridgehead atoms. The number of aromatic nitrogens is 4. The number of para-hydroxylation sites is 1. The monoisotopic (exact) mass is 761 g/mol. The highest BCUT2D eigenvalue weighted by atomic mass is 32.1. The van der Waals surface area contributed by atoms with Gasteiger partial charge in [-0.05, 0) is 81.8 Å². The summed E-state index contributed by atoms with van der Waals surface area (Å²) in [5.41, 5.74) is 7.70. The minimum atomic E-state index is -0.938. The summed E-state index contributed by atoms with van der Waals surface area (Å²) < 4.78 is 9.71. The average Bonchev–Trinajstić information content (AvgIpc) is 3.94. The first kappa shape index (κ1) is 35.5. The van der Waals surface area contributed by atoms with Crippen LogP contribution in [0.25, 0.3) is 32.0 Å². The minimum absolute atomic E-state index is 0.0422. The van der Waals surface area contributed by atoms with E-state index in [4.69, 9.17) is 9.72 Å². The zero-order valence-electron chi connectivity index (χ0n) is 31.9. The van der Waals surface area contributed by atoms with Crippen LogP contribution in [0.1, 0.15) is 54.7 Å². The van der Waals surface area contributed by atoms with E-state index in [2.05, 4.69) is 90.3 Å². The van der Waals surface area contributed by atoms with Crippen LogP contribution in [-0.2, 0) is 12.1 Å². The van der Waals surface area contributed by atoms with E-state index in [9.17, 15) is 9.90 Å². The molecule has 5 aromatic carbocycles. The molecule has 4 heterocycles. The SMILES string of the molecule is CCN(CC)c1ccc2c(c1)Oc1cc(N(CC)CC)ccc1C21c2ccccc2C(=O)N1CCn1cc(-c2ccc(O)c(-c3nc4ccccc4s3)c2)nn1. The Morgan fingerprint density at radius 2 is 1.39 bits per heavy atom. The van der Waals surface area contributed by atoms with Crippen molar-refractivity contribution in [2.45, 2.75) is 39.8 Å². The highest BCUT2D eigenvalue weighted by Crippen LogP contribution is 2.58. The molecule has 1 spiro atoms. The van der Waals surface area contributed by atoms with Crippen molar-refractivity contribution < 1.29 is 14.6 Å². The first-order valence-corrected chi connectivity index (χ1v) is 20.2. The number of phenolic OH excluding ortho intramolecular Hbond substituents is 1. The maximum atomic E-state index is 14.7. The van der Waals surface area contributed by atoms with Gasteiger partial charge in [0.15, 0.2) is 0 Å². The molecule has 0 saturated heterocycles. The van der Waals surface area contributed by atoms with E-state index in [1.807, 2.05) is 65.7 Å². The van der Waals surface area contributed by atoms with E-state index < -0.39 is 5.54 Å². The van der Waals surface area contributed by atoms with Crippen LogP contribution in [0.15, 0.2) is 109 Å². The Kier molecular flexibility index (Phi) is 8.96. The Morgan fingerprint density at radius 3 is 2.07 bits per heavy atom. The molecule has 282 valence electrons. The van der Waals surface area contributed by atoms with Crippen molar-refractivity contribution in [3.8, 4) is 39.1 Å². The number of phenols is 1. The fraction of sp³-hybridized carbons (Fsp3) is 0.244. The molecule has 1 N–H and O–H groups in total.